The molecular weight excluding hydrogens is 222 g/mol. The Labute approximate surface area is 102 Å². The molecule has 1 atom stereocenters. The smallest absolute Gasteiger partial charge is 0.325 e. The molecule has 0 spiro atoms. The van der Waals surface area contributed by atoms with Gasteiger partial charge in [0.25, 0.3) is 0 Å². The first-order chi connectivity index (χ1) is 7.91. The fourth-order valence-electron chi connectivity index (χ4n) is 2.28. The molecule has 0 aromatic rings. The summed E-state index contributed by atoms with van der Waals surface area (Å²) in [4.78, 5) is 24.8. The average molecular weight is 243 g/mol. The molecule has 1 saturated heterocycles. The predicted molar refractivity (Wildman–Crippen MR) is 62.7 cm³/mol. The van der Waals surface area contributed by atoms with Gasteiger partial charge in [0.1, 0.15) is 11.6 Å². The summed E-state index contributed by atoms with van der Waals surface area (Å²) in [6.45, 7) is 6.15. The van der Waals surface area contributed by atoms with Crippen LogP contribution in [0.5, 0.6) is 0 Å². The van der Waals surface area contributed by atoms with E-state index in [9.17, 15) is 14.7 Å². The minimum Gasteiger partial charge on any atom is -0.480 e. The van der Waals surface area contributed by atoms with Crippen LogP contribution in [0.25, 0.3) is 0 Å². The van der Waals surface area contributed by atoms with Crippen molar-refractivity contribution in [3.63, 3.8) is 0 Å². The molecule has 1 fully saturated rings. The number of nitrogens with zero attached hydrogens (tertiary/aromatic N) is 1. The third kappa shape index (κ3) is 2.97. The van der Waals surface area contributed by atoms with Crippen LogP contribution in [0.3, 0.4) is 0 Å². The molecule has 0 saturated carbocycles. The maximum absolute atomic E-state index is 11.9. The Morgan fingerprint density at radius 1 is 1.41 bits per heavy atom. The van der Waals surface area contributed by atoms with Gasteiger partial charge in [0.15, 0.2) is 0 Å². The van der Waals surface area contributed by atoms with Crippen LogP contribution >= 0.6 is 0 Å². The molecule has 0 amide bonds. The van der Waals surface area contributed by atoms with E-state index in [-0.39, 0.29) is 5.97 Å². The third-order valence-corrected chi connectivity index (χ3v) is 3.28. The van der Waals surface area contributed by atoms with Crippen LogP contribution in [0.4, 0.5) is 0 Å². The maximum atomic E-state index is 11.9. The predicted octanol–water partition coefficient (Wildman–Crippen LogP) is 1.27. The molecule has 0 aliphatic carbocycles. The first-order valence-corrected chi connectivity index (χ1v) is 6.08. The number of carboxylic acids is 1. The van der Waals surface area contributed by atoms with E-state index in [1.165, 1.54) is 0 Å². The van der Waals surface area contributed by atoms with Gasteiger partial charge >= 0.3 is 11.9 Å². The number of hydrogen-bond acceptors (Lipinski definition) is 4. The molecule has 1 rings (SSSR count). The summed E-state index contributed by atoms with van der Waals surface area (Å²) in [5.41, 5.74) is -0.876. The number of likely N-dealkylation sites (tertiary alicyclic amines) is 1. The highest BCUT2D eigenvalue weighted by molar-refractivity contribution is 5.82. The molecule has 1 unspecified atom stereocenters. The summed E-state index contributed by atoms with van der Waals surface area (Å²) in [5, 5.41) is 9.19. The van der Waals surface area contributed by atoms with Crippen molar-refractivity contribution in [3.8, 4) is 0 Å². The van der Waals surface area contributed by atoms with Gasteiger partial charge in [-0.2, -0.15) is 0 Å². The molecule has 5 nitrogen and oxygen atoms in total. The standard InChI is InChI=1S/C12H21NO4/c1-4-17-11(16)12(2,3)13-8-6-5-7-9(13)10(14)15/h9H,4-8H2,1-3H3,(H,14,15). The van der Waals surface area contributed by atoms with Gasteiger partial charge < -0.3 is 9.84 Å². The number of ether oxygens (including phenoxy) is 1. The SMILES string of the molecule is CCOC(=O)C(C)(C)N1CCCCC1C(=O)O. The summed E-state index contributed by atoms with van der Waals surface area (Å²) < 4.78 is 5.01. The highest BCUT2D eigenvalue weighted by Gasteiger charge is 2.43. The van der Waals surface area contributed by atoms with Crippen molar-refractivity contribution in [1.29, 1.82) is 0 Å². The second-order valence-electron chi connectivity index (χ2n) is 4.82. The number of aliphatic carboxylic acids is 1. The molecule has 1 N–H and O–H groups in total. The zero-order valence-corrected chi connectivity index (χ0v) is 10.7. The molecule has 1 aliphatic rings. The largest absolute Gasteiger partial charge is 0.480 e. The van der Waals surface area contributed by atoms with Crippen LogP contribution in [0.2, 0.25) is 0 Å². The van der Waals surface area contributed by atoms with Crippen molar-refractivity contribution < 1.29 is 19.4 Å². The second kappa shape index (κ2) is 5.49. The lowest BCUT2D eigenvalue weighted by Crippen LogP contribution is -2.59. The number of hydrogen-bond donors (Lipinski definition) is 1. The third-order valence-electron chi connectivity index (χ3n) is 3.28. The van der Waals surface area contributed by atoms with Crippen LogP contribution in [0.1, 0.15) is 40.0 Å². The molecular formula is C12H21NO4. The van der Waals surface area contributed by atoms with Gasteiger partial charge in [-0.05, 0) is 33.6 Å². The van der Waals surface area contributed by atoms with E-state index in [1.54, 1.807) is 25.7 Å². The van der Waals surface area contributed by atoms with Crippen LogP contribution in [-0.4, -0.2) is 46.7 Å². The van der Waals surface area contributed by atoms with Gasteiger partial charge in [-0.25, -0.2) is 0 Å². The lowest BCUT2D eigenvalue weighted by molar-refractivity contribution is -0.163. The topological polar surface area (TPSA) is 66.8 Å². The highest BCUT2D eigenvalue weighted by Crippen LogP contribution is 2.27. The van der Waals surface area contributed by atoms with E-state index in [0.29, 0.717) is 19.6 Å². The first-order valence-electron chi connectivity index (χ1n) is 6.08. The summed E-state index contributed by atoms with van der Waals surface area (Å²) in [7, 11) is 0. The first kappa shape index (κ1) is 14.0. The summed E-state index contributed by atoms with van der Waals surface area (Å²) in [5.74, 6) is -1.21. The van der Waals surface area contributed by atoms with Gasteiger partial charge in [0, 0.05) is 6.54 Å². The Morgan fingerprint density at radius 3 is 2.59 bits per heavy atom. The molecule has 0 aromatic carbocycles. The Kier molecular flexibility index (Phi) is 4.51. The van der Waals surface area contributed by atoms with Crippen molar-refractivity contribution >= 4 is 11.9 Å². The molecule has 1 heterocycles. The van der Waals surface area contributed by atoms with Crippen LogP contribution in [0.15, 0.2) is 0 Å². The zero-order valence-electron chi connectivity index (χ0n) is 10.7. The average Bonchev–Trinajstić information content (AvgIpc) is 2.29. The van der Waals surface area contributed by atoms with Gasteiger partial charge in [-0.1, -0.05) is 6.42 Å². The maximum Gasteiger partial charge on any atom is 0.325 e. The number of carbonyl (C=O) groups excluding carboxylic acids is 1. The van der Waals surface area contributed by atoms with Crippen LogP contribution in [-0.2, 0) is 14.3 Å². The monoisotopic (exact) mass is 243 g/mol. The van der Waals surface area contributed by atoms with Gasteiger partial charge in [0.05, 0.1) is 6.61 Å². The normalized spacial score (nSPS) is 22.2. The number of carboxylic acid groups (broad SMARTS) is 1. The van der Waals surface area contributed by atoms with E-state index in [4.69, 9.17) is 4.74 Å². The van der Waals surface area contributed by atoms with Crippen LogP contribution < -0.4 is 0 Å². The van der Waals surface area contributed by atoms with Gasteiger partial charge in [0.2, 0.25) is 0 Å². The van der Waals surface area contributed by atoms with E-state index in [2.05, 4.69) is 0 Å². The van der Waals surface area contributed by atoms with Crippen molar-refractivity contribution in [2.24, 2.45) is 0 Å². The van der Waals surface area contributed by atoms with E-state index < -0.39 is 17.6 Å². The lowest BCUT2D eigenvalue weighted by Gasteiger charge is -2.42. The molecule has 0 aromatic heterocycles. The molecule has 0 bridgehead atoms. The molecule has 5 heteroatoms. The summed E-state index contributed by atoms with van der Waals surface area (Å²) in [6, 6.07) is -0.580. The van der Waals surface area contributed by atoms with Crippen molar-refractivity contribution in [2.45, 2.75) is 51.6 Å². The fourth-order valence-corrected chi connectivity index (χ4v) is 2.28. The number of rotatable bonds is 4. The Morgan fingerprint density at radius 2 is 2.06 bits per heavy atom. The van der Waals surface area contributed by atoms with E-state index in [1.807, 2.05) is 0 Å². The van der Waals surface area contributed by atoms with Crippen molar-refractivity contribution in [1.82, 2.24) is 4.90 Å². The van der Waals surface area contributed by atoms with E-state index >= 15 is 0 Å². The van der Waals surface area contributed by atoms with Crippen molar-refractivity contribution in [2.75, 3.05) is 13.2 Å². The Hall–Kier alpha value is -1.10. The second-order valence-corrected chi connectivity index (χ2v) is 4.82. The molecule has 1 aliphatic heterocycles. The minimum atomic E-state index is -0.876. The van der Waals surface area contributed by atoms with Gasteiger partial charge in [-0.3, -0.25) is 14.5 Å². The summed E-state index contributed by atoms with van der Waals surface area (Å²) >= 11 is 0. The lowest BCUT2D eigenvalue weighted by atomic mass is 9.93. The fraction of sp³-hybridized carbons (Fsp3) is 0.833. The molecule has 17 heavy (non-hydrogen) atoms. The zero-order chi connectivity index (χ0) is 13.1. The quantitative estimate of drug-likeness (QED) is 0.753. The van der Waals surface area contributed by atoms with Crippen molar-refractivity contribution in [3.05, 3.63) is 0 Å². The summed E-state index contributed by atoms with van der Waals surface area (Å²) in [6.07, 6.45) is 2.41. The Bertz CT molecular complexity index is 301. The molecule has 0 radical (unpaired) electrons. The highest BCUT2D eigenvalue weighted by atomic mass is 16.5. The van der Waals surface area contributed by atoms with Gasteiger partial charge in [-0.15, -0.1) is 0 Å². The molecule has 98 valence electrons. The number of piperidine rings is 1. The van der Waals surface area contributed by atoms with E-state index in [0.717, 1.165) is 12.8 Å². The number of esters is 1. The van der Waals surface area contributed by atoms with Crippen LogP contribution in [0, 0.1) is 0 Å². The Balaban J connectivity index is 2.86. The number of carbonyl (C=O) groups is 2. The minimum absolute atomic E-state index is 0.313.